The maximum absolute atomic E-state index is 9.90. The molecule has 37 heavy (non-hydrogen) atoms. The molecule has 0 N–H and O–H groups in total. The third-order valence-corrected chi connectivity index (χ3v) is 4.02. The first kappa shape index (κ1) is 61.8. The van der Waals surface area contributed by atoms with Gasteiger partial charge in [-0.25, -0.2) is 0 Å². The predicted molar refractivity (Wildman–Crippen MR) is 144 cm³/mol. The van der Waals surface area contributed by atoms with Gasteiger partial charge in [-0.05, 0) is 0 Å². The first-order valence-electron chi connectivity index (χ1n) is 13.5. The van der Waals surface area contributed by atoms with Gasteiger partial charge in [0.15, 0.2) is 0 Å². The molecule has 0 rings (SSSR count). The van der Waals surface area contributed by atoms with Crippen LogP contribution in [0.1, 0.15) is 142 Å². The average Bonchev–Trinajstić information content (AvgIpc) is 2.80. The van der Waals surface area contributed by atoms with E-state index in [1.165, 1.54) is 0 Å². The fraction of sp³-hybridized carbons (Fsp3) is 1.00. The Morgan fingerprint density at radius 2 is 0.324 bits per heavy atom. The number of hydrogen-bond donors (Lipinski definition) is 0. The van der Waals surface area contributed by atoms with Crippen molar-refractivity contribution >= 4 is 17.4 Å². The molecule has 0 aromatic rings. The summed E-state index contributed by atoms with van der Waals surface area (Å²) in [6.45, 7) is 24.9. The molecule has 0 aromatic carbocycles. The second kappa shape index (κ2) is 57.0. The van der Waals surface area contributed by atoms with Crippen LogP contribution in [0, 0.1) is 0 Å². The van der Waals surface area contributed by atoms with Crippen LogP contribution in [0.2, 0.25) is 0 Å². The minimum atomic E-state index is -0.366. The zero-order valence-corrected chi connectivity index (χ0v) is 29.6. The molecule has 0 heterocycles. The van der Waals surface area contributed by atoms with E-state index in [4.69, 9.17) is 0 Å². The first-order chi connectivity index (χ1) is 15.9. The van der Waals surface area contributed by atoms with Gasteiger partial charge < -0.3 is 35.7 Å². The second-order valence-electron chi connectivity index (χ2n) is 8.53. The zero-order chi connectivity index (χ0) is 30.0. The predicted octanol–water partition coefficient (Wildman–Crippen LogP) is 0.633. The van der Waals surface area contributed by atoms with Crippen LogP contribution in [0.4, 0.5) is 0 Å². The van der Waals surface area contributed by atoms with Gasteiger partial charge in [0.2, 0.25) is 0 Å². The normalized spacial score (nSPS) is 14.2. The van der Waals surface area contributed by atoms with E-state index in [1.54, 1.807) is 48.5 Å². The van der Waals surface area contributed by atoms with Gasteiger partial charge >= 0.3 is 39.1 Å². The van der Waals surface area contributed by atoms with Crippen molar-refractivity contribution in [3.8, 4) is 0 Å². The van der Waals surface area contributed by atoms with E-state index in [0.29, 0.717) is 0 Å². The van der Waals surface area contributed by atoms with Crippen molar-refractivity contribution in [1.29, 1.82) is 0 Å². The SMILES string of the molecule is CCC(C)[O-].CCC(C)[O-].CCC(C)[O-].CCC(C)[O-].CCC(C)[O-].CCC(C)[O-].CCC(C)[O-].[Al+3].[Ti+4]. The fourth-order valence-electron chi connectivity index (χ4n) is 0. The van der Waals surface area contributed by atoms with E-state index in [1.807, 2.05) is 48.5 Å². The van der Waals surface area contributed by atoms with E-state index >= 15 is 0 Å². The molecule has 0 spiro atoms. The van der Waals surface area contributed by atoms with Gasteiger partial charge in [0.05, 0.1) is 0 Å². The zero-order valence-electron chi connectivity index (χ0n) is 26.9. The Bertz CT molecular complexity index is 215. The molecule has 0 aliphatic carbocycles. The molecule has 0 radical (unpaired) electrons. The van der Waals surface area contributed by atoms with Gasteiger partial charge in [-0.3, -0.25) is 0 Å². The molecule has 0 fully saturated rings. The molecule has 7 unspecified atom stereocenters. The Balaban J connectivity index is -0.0000000350. The third-order valence-electron chi connectivity index (χ3n) is 4.02. The molecular formula is C28H63AlO7Ti. The van der Waals surface area contributed by atoms with E-state index in [-0.39, 0.29) is 81.8 Å². The van der Waals surface area contributed by atoms with Crippen LogP contribution in [0.15, 0.2) is 0 Å². The maximum Gasteiger partial charge on any atom is 4.00 e. The van der Waals surface area contributed by atoms with Crippen molar-refractivity contribution in [2.45, 2.75) is 185 Å². The number of hydrogen-bond acceptors (Lipinski definition) is 7. The molecule has 224 valence electrons. The van der Waals surface area contributed by atoms with E-state index < -0.39 is 0 Å². The summed E-state index contributed by atoms with van der Waals surface area (Å²) in [5, 5.41) is 69.3. The summed E-state index contributed by atoms with van der Waals surface area (Å²) in [5.41, 5.74) is 0. The third kappa shape index (κ3) is 202. The van der Waals surface area contributed by atoms with Crippen molar-refractivity contribution < 1.29 is 57.5 Å². The summed E-state index contributed by atoms with van der Waals surface area (Å²) in [6, 6.07) is 0. The Morgan fingerprint density at radius 1 is 0.297 bits per heavy atom. The van der Waals surface area contributed by atoms with Crippen LogP contribution in [0.5, 0.6) is 0 Å². The maximum atomic E-state index is 9.90. The van der Waals surface area contributed by atoms with Crippen molar-refractivity contribution in [3.05, 3.63) is 0 Å². The second-order valence-corrected chi connectivity index (χ2v) is 8.53. The summed E-state index contributed by atoms with van der Waals surface area (Å²) in [5.74, 6) is 0. The molecule has 0 aliphatic rings. The van der Waals surface area contributed by atoms with Crippen LogP contribution >= 0.6 is 0 Å². The minimum absolute atomic E-state index is 0. The summed E-state index contributed by atoms with van der Waals surface area (Å²) in [7, 11) is 0. The molecule has 0 amide bonds. The summed E-state index contributed by atoms with van der Waals surface area (Å²) in [6.07, 6.45) is 2.69. The smallest absolute Gasteiger partial charge is 0.852 e. The quantitative estimate of drug-likeness (QED) is 0.395. The topological polar surface area (TPSA) is 161 Å². The van der Waals surface area contributed by atoms with E-state index in [9.17, 15) is 35.7 Å². The van der Waals surface area contributed by atoms with Gasteiger partial charge in [-0.1, -0.05) is 142 Å². The molecule has 7 atom stereocenters. The fourth-order valence-corrected chi connectivity index (χ4v) is 0. The minimum Gasteiger partial charge on any atom is -0.852 e. The Kier molecular flexibility index (Phi) is 95.2. The monoisotopic (exact) mass is 586 g/mol. The van der Waals surface area contributed by atoms with Crippen molar-refractivity contribution in [3.63, 3.8) is 0 Å². The molecule has 7 nitrogen and oxygen atoms in total. The summed E-state index contributed by atoms with van der Waals surface area (Å²) in [4.78, 5) is 0. The molecule has 9 heteroatoms. The van der Waals surface area contributed by atoms with E-state index in [2.05, 4.69) is 0 Å². The molecule has 0 aliphatic heterocycles. The molecule has 0 saturated heterocycles. The van der Waals surface area contributed by atoms with Crippen LogP contribution < -0.4 is 35.7 Å². The Morgan fingerprint density at radius 3 is 0.324 bits per heavy atom. The summed E-state index contributed by atoms with van der Waals surface area (Å²) >= 11 is 0. The van der Waals surface area contributed by atoms with Gasteiger partial charge in [0.1, 0.15) is 0 Å². The van der Waals surface area contributed by atoms with Gasteiger partial charge in [0, 0.05) is 0 Å². The molecular weight excluding hydrogens is 523 g/mol. The van der Waals surface area contributed by atoms with Crippen molar-refractivity contribution in [2.24, 2.45) is 0 Å². The number of rotatable bonds is 7. The summed E-state index contributed by atoms with van der Waals surface area (Å²) < 4.78 is 0. The molecule has 0 bridgehead atoms. The standard InChI is InChI=1S/7C4H9O.Al.Ti/c7*1-3-4(2)5;;/h7*4H,3H2,1-2H3;;/q7*-1;+3;+4. The van der Waals surface area contributed by atoms with Crippen LogP contribution in [-0.2, 0) is 21.7 Å². The van der Waals surface area contributed by atoms with Crippen molar-refractivity contribution in [2.75, 3.05) is 0 Å². The van der Waals surface area contributed by atoms with E-state index in [0.717, 1.165) is 44.9 Å². The first-order valence-corrected chi connectivity index (χ1v) is 13.5. The van der Waals surface area contributed by atoms with Gasteiger partial charge in [-0.2, -0.15) is 0 Å². The van der Waals surface area contributed by atoms with Crippen molar-refractivity contribution in [1.82, 2.24) is 0 Å². The molecule has 0 aromatic heterocycles. The average molecular weight is 587 g/mol. The Hall–Kier alpha value is 0.967. The van der Waals surface area contributed by atoms with Gasteiger partial charge in [-0.15, -0.1) is 42.7 Å². The van der Waals surface area contributed by atoms with Gasteiger partial charge in [0.25, 0.3) is 0 Å². The Labute approximate surface area is 258 Å². The van der Waals surface area contributed by atoms with Crippen LogP contribution in [0.3, 0.4) is 0 Å². The molecule has 0 saturated carbocycles. The largest absolute Gasteiger partial charge is 4.00 e. The van der Waals surface area contributed by atoms with Crippen LogP contribution in [0.25, 0.3) is 0 Å². The van der Waals surface area contributed by atoms with Crippen LogP contribution in [-0.4, -0.2) is 60.1 Å².